The van der Waals surface area contributed by atoms with E-state index in [0.717, 1.165) is 0 Å². The molecule has 0 radical (unpaired) electrons. The molecule has 0 spiro atoms. The van der Waals surface area contributed by atoms with Crippen molar-refractivity contribution in [3.63, 3.8) is 0 Å². The van der Waals surface area contributed by atoms with E-state index in [1.54, 1.807) is 6.92 Å². The molecule has 2 amide bonds. The van der Waals surface area contributed by atoms with Gasteiger partial charge in [0.2, 0.25) is 0 Å². The maximum Gasteiger partial charge on any atom is 0.422 e. The Bertz CT molecular complexity index is 635. The van der Waals surface area contributed by atoms with Crippen molar-refractivity contribution in [2.45, 2.75) is 19.5 Å². The van der Waals surface area contributed by atoms with E-state index < -0.39 is 30.2 Å². The van der Waals surface area contributed by atoms with E-state index in [-0.39, 0.29) is 18.0 Å². The van der Waals surface area contributed by atoms with Crippen LogP contribution in [0.15, 0.2) is 24.3 Å². The van der Waals surface area contributed by atoms with Gasteiger partial charge in [0.25, 0.3) is 0 Å². The van der Waals surface area contributed by atoms with Gasteiger partial charge in [0.05, 0.1) is 5.41 Å². The van der Waals surface area contributed by atoms with Crippen molar-refractivity contribution in [3.05, 3.63) is 24.3 Å². The van der Waals surface area contributed by atoms with Gasteiger partial charge in [-0.05, 0) is 25.5 Å². The second-order valence-corrected chi connectivity index (χ2v) is 5.90. The number of ether oxygens (including phenoxy) is 1. The van der Waals surface area contributed by atoms with E-state index in [0.29, 0.717) is 13.0 Å². The number of hydrogen-bond donors (Lipinski definition) is 2. The minimum atomic E-state index is -4.45. The predicted molar refractivity (Wildman–Crippen MR) is 78.9 cm³/mol. The molecule has 1 atom stereocenters. The zero-order valence-electron chi connectivity index (χ0n) is 12.9. The highest BCUT2D eigenvalue weighted by atomic mass is 19.4. The Morgan fingerprint density at radius 1 is 1.42 bits per heavy atom. The van der Waals surface area contributed by atoms with Crippen LogP contribution >= 0.6 is 0 Å². The number of amides is 2. The first-order valence-electron chi connectivity index (χ1n) is 7.18. The molecule has 132 valence electrons. The lowest BCUT2D eigenvalue weighted by atomic mass is 9.90. The maximum atomic E-state index is 12.2. The van der Waals surface area contributed by atoms with E-state index in [4.69, 9.17) is 5.11 Å². The predicted octanol–water partition coefficient (Wildman–Crippen LogP) is 2.96. The molecule has 1 aliphatic heterocycles. The van der Waals surface area contributed by atoms with Gasteiger partial charge < -0.3 is 20.1 Å². The van der Waals surface area contributed by atoms with Gasteiger partial charge in [-0.1, -0.05) is 6.07 Å². The molecule has 9 heteroatoms. The summed E-state index contributed by atoms with van der Waals surface area (Å²) < 4.78 is 41.0. The van der Waals surface area contributed by atoms with Gasteiger partial charge in [0, 0.05) is 24.8 Å². The van der Waals surface area contributed by atoms with Crippen LogP contribution < -0.4 is 10.1 Å². The monoisotopic (exact) mass is 346 g/mol. The van der Waals surface area contributed by atoms with E-state index >= 15 is 0 Å². The fourth-order valence-electron chi connectivity index (χ4n) is 2.34. The summed E-state index contributed by atoms with van der Waals surface area (Å²) >= 11 is 0. The zero-order chi connectivity index (χ0) is 18.0. The summed E-state index contributed by atoms with van der Waals surface area (Å²) in [5.41, 5.74) is -0.724. The summed E-state index contributed by atoms with van der Waals surface area (Å²) in [7, 11) is 0. The molecule has 1 saturated heterocycles. The van der Waals surface area contributed by atoms with Crippen LogP contribution in [0, 0.1) is 5.41 Å². The number of carboxylic acid groups (broad SMARTS) is 1. The van der Waals surface area contributed by atoms with Crippen LogP contribution in [0.3, 0.4) is 0 Å². The van der Waals surface area contributed by atoms with Gasteiger partial charge in [0.15, 0.2) is 6.61 Å². The molecule has 1 aromatic carbocycles. The highest BCUT2D eigenvalue weighted by molar-refractivity contribution is 5.90. The van der Waals surface area contributed by atoms with Crippen molar-refractivity contribution in [3.8, 4) is 5.75 Å². The fourth-order valence-corrected chi connectivity index (χ4v) is 2.34. The molecule has 1 heterocycles. The summed E-state index contributed by atoms with van der Waals surface area (Å²) in [6.07, 6.45) is -4.11. The first kappa shape index (κ1) is 17.9. The minimum absolute atomic E-state index is 0.0260. The summed E-state index contributed by atoms with van der Waals surface area (Å²) in [6.45, 7) is 0.499. The van der Waals surface area contributed by atoms with E-state index in [1.807, 2.05) is 0 Å². The first-order valence-corrected chi connectivity index (χ1v) is 7.18. The topological polar surface area (TPSA) is 78.9 Å². The third kappa shape index (κ3) is 4.53. The molecule has 2 rings (SSSR count). The Morgan fingerprint density at radius 2 is 2.12 bits per heavy atom. The Balaban J connectivity index is 1.96. The standard InChI is InChI=1S/C15H17F3N2O4/c1-14(12(21)22)5-6-20(8-14)13(23)19-10-3-2-4-11(7-10)24-9-15(16,17)18/h2-4,7H,5-6,8-9H2,1H3,(H,19,23)(H,21,22). The van der Waals surface area contributed by atoms with Crippen molar-refractivity contribution in [1.82, 2.24) is 4.90 Å². The van der Waals surface area contributed by atoms with Crippen LogP contribution in [-0.2, 0) is 4.79 Å². The van der Waals surface area contributed by atoms with Crippen LogP contribution in [0.1, 0.15) is 13.3 Å². The molecule has 1 fully saturated rings. The van der Waals surface area contributed by atoms with Crippen molar-refractivity contribution in [2.24, 2.45) is 5.41 Å². The molecule has 1 aliphatic rings. The number of nitrogens with one attached hydrogen (secondary N) is 1. The Labute approximate surface area is 136 Å². The molecule has 0 aromatic heterocycles. The number of alkyl halides is 3. The number of anilines is 1. The quantitative estimate of drug-likeness (QED) is 0.879. The average Bonchev–Trinajstić information content (AvgIpc) is 2.89. The Kier molecular flexibility index (Phi) is 4.91. The summed E-state index contributed by atoms with van der Waals surface area (Å²) in [6, 6.07) is 5.07. The number of carbonyl (C=O) groups is 2. The highest BCUT2D eigenvalue weighted by Crippen LogP contribution is 2.30. The summed E-state index contributed by atoms with van der Waals surface area (Å²) in [4.78, 5) is 24.7. The number of nitrogens with zero attached hydrogens (tertiary/aromatic N) is 1. The highest BCUT2D eigenvalue weighted by Gasteiger charge is 2.42. The molecule has 0 aliphatic carbocycles. The molecular formula is C15H17F3N2O4. The fraction of sp³-hybridized carbons (Fsp3) is 0.467. The normalized spacial score (nSPS) is 20.8. The number of carbonyl (C=O) groups excluding carboxylic acids is 1. The van der Waals surface area contributed by atoms with E-state index in [1.165, 1.54) is 29.2 Å². The summed E-state index contributed by atoms with van der Waals surface area (Å²) in [5, 5.41) is 11.7. The second kappa shape index (κ2) is 6.58. The van der Waals surface area contributed by atoms with Crippen LogP contribution in [0.4, 0.5) is 23.7 Å². The Hall–Kier alpha value is -2.45. The third-order valence-electron chi connectivity index (χ3n) is 3.76. The van der Waals surface area contributed by atoms with Gasteiger partial charge in [-0.15, -0.1) is 0 Å². The molecular weight excluding hydrogens is 329 g/mol. The number of likely N-dealkylation sites (tertiary alicyclic amines) is 1. The summed E-state index contributed by atoms with van der Waals surface area (Å²) in [5.74, 6) is -0.998. The van der Waals surface area contributed by atoms with Crippen molar-refractivity contribution in [2.75, 3.05) is 25.0 Å². The minimum Gasteiger partial charge on any atom is -0.484 e. The van der Waals surface area contributed by atoms with Crippen LogP contribution in [0.25, 0.3) is 0 Å². The molecule has 0 saturated carbocycles. The smallest absolute Gasteiger partial charge is 0.422 e. The largest absolute Gasteiger partial charge is 0.484 e. The molecule has 24 heavy (non-hydrogen) atoms. The average molecular weight is 346 g/mol. The number of rotatable bonds is 4. The number of benzene rings is 1. The van der Waals surface area contributed by atoms with Gasteiger partial charge in [-0.3, -0.25) is 4.79 Å². The van der Waals surface area contributed by atoms with Crippen molar-refractivity contribution >= 4 is 17.7 Å². The first-order chi connectivity index (χ1) is 11.1. The maximum absolute atomic E-state index is 12.2. The second-order valence-electron chi connectivity index (χ2n) is 5.90. The van der Waals surface area contributed by atoms with Gasteiger partial charge in [-0.25, -0.2) is 4.79 Å². The number of halogens is 3. The molecule has 2 N–H and O–H groups in total. The lowest BCUT2D eigenvalue weighted by Gasteiger charge is -2.20. The molecule has 6 nitrogen and oxygen atoms in total. The van der Waals surface area contributed by atoms with Crippen molar-refractivity contribution < 1.29 is 32.6 Å². The SMILES string of the molecule is CC1(C(=O)O)CCN(C(=O)Nc2cccc(OCC(F)(F)F)c2)C1. The number of carboxylic acids is 1. The lowest BCUT2D eigenvalue weighted by Crippen LogP contribution is -2.37. The van der Waals surface area contributed by atoms with Gasteiger partial charge >= 0.3 is 18.2 Å². The van der Waals surface area contributed by atoms with Crippen LogP contribution in [0.2, 0.25) is 0 Å². The zero-order valence-corrected chi connectivity index (χ0v) is 12.9. The van der Waals surface area contributed by atoms with Gasteiger partial charge in [0.1, 0.15) is 5.75 Å². The number of aliphatic carboxylic acids is 1. The molecule has 1 unspecified atom stereocenters. The van der Waals surface area contributed by atoms with Gasteiger partial charge in [-0.2, -0.15) is 13.2 Å². The molecule has 1 aromatic rings. The number of urea groups is 1. The van der Waals surface area contributed by atoms with E-state index in [2.05, 4.69) is 10.1 Å². The third-order valence-corrected chi connectivity index (χ3v) is 3.76. The lowest BCUT2D eigenvalue weighted by molar-refractivity contribution is -0.153. The van der Waals surface area contributed by atoms with E-state index in [9.17, 15) is 22.8 Å². The van der Waals surface area contributed by atoms with Crippen molar-refractivity contribution in [1.29, 1.82) is 0 Å². The Morgan fingerprint density at radius 3 is 2.71 bits per heavy atom. The molecule has 0 bridgehead atoms. The van der Waals surface area contributed by atoms with Crippen LogP contribution in [-0.4, -0.2) is 47.9 Å². The number of hydrogen-bond acceptors (Lipinski definition) is 3. The van der Waals surface area contributed by atoms with Crippen LogP contribution in [0.5, 0.6) is 5.75 Å².